The molecule has 1 aromatic carbocycles. The van der Waals surface area contributed by atoms with Gasteiger partial charge in [-0.25, -0.2) is 0 Å². The first-order valence-electron chi connectivity index (χ1n) is 5.81. The largest absolute Gasteiger partial charge is 0.144 e. The van der Waals surface area contributed by atoms with Gasteiger partial charge in [-0.1, -0.05) is 54.4 Å². The van der Waals surface area contributed by atoms with Gasteiger partial charge in [0.1, 0.15) is 0 Å². The first-order valence-corrected chi connectivity index (χ1v) is 7.61. The van der Waals surface area contributed by atoms with Crippen LogP contribution >= 0.6 is 27.3 Å². The third-order valence-corrected chi connectivity index (χ3v) is 4.98. The summed E-state index contributed by atoms with van der Waals surface area (Å²) < 4.78 is 1.41. The molecule has 2 heteroatoms. The van der Waals surface area contributed by atoms with Crippen molar-refractivity contribution in [1.29, 1.82) is 0 Å². The van der Waals surface area contributed by atoms with Crippen LogP contribution in [0.4, 0.5) is 0 Å². The van der Waals surface area contributed by atoms with Crippen molar-refractivity contribution in [3.8, 4) is 0 Å². The van der Waals surface area contributed by atoms with Crippen LogP contribution in [0.15, 0.2) is 29.6 Å². The highest BCUT2D eigenvalue weighted by Gasteiger charge is 2.15. The van der Waals surface area contributed by atoms with E-state index in [0.717, 1.165) is 5.92 Å². The quantitative estimate of drug-likeness (QED) is 0.676. The molecule has 86 valence electrons. The molecule has 0 aliphatic heterocycles. The van der Waals surface area contributed by atoms with Crippen LogP contribution in [-0.4, -0.2) is 4.83 Å². The molecule has 0 nitrogen and oxygen atoms in total. The Labute approximate surface area is 110 Å². The molecule has 2 aromatic rings. The van der Waals surface area contributed by atoms with Crippen molar-refractivity contribution in [1.82, 2.24) is 0 Å². The van der Waals surface area contributed by atoms with Gasteiger partial charge in [-0.05, 0) is 34.7 Å². The van der Waals surface area contributed by atoms with E-state index in [1.165, 1.54) is 28.5 Å². The topological polar surface area (TPSA) is 0 Å². The SMILES string of the molecule is CCC(Cc1csc2ccccc12)C(C)Br. The highest BCUT2D eigenvalue weighted by molar-refractivity contribution is 9.09. The molecule has 0 saturated carbocycles. The van der Waals surface area contributed by atoms with E-state index in [1.54, 1.807) is 0 Å². The molecule has 2 rings (SSSR count). The molecule has 2 unspecified atom stereocenters. The van der Waals surface area contributed by atoms with Gasteiger partial charge in [0, 0.05) is 9.53 Å². The number of thiophene rings is 1. The lowest BCUT2D eigenvalue weighted by molar-refractivity contribution is 0.510. The van der Waals surface area contributed by atoms with Crippen molar-refractivity contribution in [2.24, 2.45) is 5.92 Å². The highest BCUT2D eigenvalue weighted by Crippen LogP contribution is 2.30. The zero-order valence-electron chi connectivity index (χ0n) is 9.74. The number of halogens is 1. The molecule has 0 fully saturated rings. The Hall–Kier alpha value is -0.340. The van der Waals surface area contributed by atoms with Gasteiger partial charge in [0.2, 0.25) is 0 Å². The minimum atomic E-state index is 0.594. The Bertz CT molecular complexity index is 458. The van der Waals surface area contributed by atoms with Gasteiger partial charge in [0.25, 0.3) is 0 Å². The molecule has 0 N–H and O–H groups in total. The number of fused-ring (bicyclic) bond motifs is 1. The summed E-state index contributed by atoms with van der Waals surface area (Å²) in [5.74, 6) is 0.734. The van der Waals surface area contributed by atoms with Crippen molar-refractivity contribution < 1.29 is 0 Å². The molecule has 0 aliphatic carbocycles. The normalized spacial score (nSPS) is 15.2. The number of alkyl halides is 1. The molecule has 0 bridgehead atoms. The Morgan fingerprint density at radius 3 is 2.75 bits per heavy atom. The second kappa shape index (κ2) is 5.33. The van der Waals surface area contributed by atoms with Crippen molar-refractivity contribution in [2.75, 3.05) is 0 Å². The fourth-order valence-corrected chi connectivity index (χ4v) is 3.64. The molecule has 1 aromatic heterocycles. The van der Waals surface area contributed by atoms with Crippen LogP contribution in [0.25, 0.3) is 10.1 Å². The van der Waals surface area contributed by atoms with Crippen LogP contribution in [-0.2, 0) is 6.42 Å². The molecular formula is C14H17BrS. The smallest absolute Gasteiger partial charge is 0.0345 e. The van der Waals surface area contributed by atoms with E-state index in [-0.39, 0.29) is 0 Å². The maximum Gasteiger partial charge on any atom is 0.0345 e. The lowest BCUT2D eigenvalue weighted by Gasteiger charge is -2.17. The summed E-state index contributed by atoms with van der Waals surface area (Å²) in [5, 5.41) is 3.77. The summed E-state index contributed by atoms with van der Waals surface area (Å²) in [4.78, 5) is 0.594. The minimum Gasteiger partial charge on any atom is -0.144 e. The summed E-state index contributed by atoms with van der Waals surface area (Å²) in [7, 11) is 0. The van der Waals surface area contributed by atoms with Gasteiger partial charge in [-0.3, -0.25) is 0 Å². The fourth-order valence-electron chi connectivity index (χ4n) is 2.10. The number of rotatable bonds is 4. The van der Waals surface area contributed by atoms with Gasteiger partial charge in [-0.2, -0.15) is 0 Å². The van der Waals surface area contributed by atoms with Crippen molar-refractivity contribution >= 4 is 37.4 Å². The fraction of sp³-hybridized carbons (Fsp3) is 0.429. The van der Waals surface area contributed by atoms with Crippen LogP contribution in [0.3, 0.4) is 0 Å². The van der Waals surface area contributed by atoms with E-state index < -0.39 is 0 Å². The van der Waals surface area contributed by atoms with Crippen LogP contribution in [0.2, 0.25) is 0 Å². The average molecular weight is 297 g/mol. The standard InChI is InChI=1S/C14H17BrS/c1-3-11(10(2)15)8-12-9-16-14-7-5-4-6-13(12)14/h4-7,9-11H,3,8H2,1-2H3. The van der Waals surface area contributed by atoms with Gasteiger partial charge in [0.05, 0.1) is 0 Å². The van der Waals surface area contributed by atoms with E-state index in [9.17, 15) is 0 Å². The predicted octanol–water partition coefficient (Wildman–Crippen LogP) is 5.25. The van der Waals surface area contributed by atoms with Crippen molar-refractivity contribution in [2.45, 2.75) is 31.5 Å². The van der Waals surface area contributed by atoms with Crippen LogP contribution in [0.5, 0.6) is 0 Å². The lowest BCUT2D eigenvalue weighted by atomic mass is 9.94. The zero-order valence-corrected chi connectivity index (χ0v) is 12.1. The number of benzene rings is 1. The monoisotopic (exact) mass is 296 g/mol. The maximum atomic E-state index is 3.71. The Morgan fingerprint density at radius 1 is 1.31 bits per heavy atom. The highest BCUT2D eigenvalue weighted by atomic mass is 79.9. The Kier molecular flexibility index (Phi) is 4.04. The maximum absolute atomic E-state index is 3.71. The lowest BCUT2D eigenvalue weighted by Crippen LogP contribution is -2.12. The molecule has 0 spiro atoms. The van der Waals surface area contributed by atoms with Gasteiger partial charge < -0.3 is 0 Å². The molecule has 0 saturated heterocycles. The molecular weight excluding hydrogens is 280 g/mol. The Morgan fingerprint density at radius 2 is 2.06 bits per heavy atom. The first-order chi connectivity index (χ1) is 7.72. The third kappa shape index (κ3) is 2.49. The van der Waals surface area contributed by atoms with E-state index in [2.05, 4.69) is 59.4 Å². The second-order valence-electron chi connectivity index (χ2n) is 4.31. The Balaban J connectivity index is 2.27. The summed E-state index contributed by atoms with van der Waals surface area (Å²) in [6.45, 7) is 4.53. The molecule has 16 heavy (non-hydrogen) atoms. The van der Waals surface area contributed by atoms with Gasteiger partial charge >= 0.3 is 0 Å². The van der Waals surface area contributed by atoms with Crippen LogP contribution < -0.4 is 0 Å². The summed E-state index contributed by atoms with van der Waals surface area (Å²) in [6, 6.07) is 8.71. The van der Waals surface area contributed by atoms with Crippen molar-refractivity contribution in [3.05, 3.63) is 35.2 Å². The van der Waals surface area contributed by atoms with E-state index >= 15 is 0 Å². The molecule has 0 aliphatic rings. The summed E-state index contributed by atoms with van der Waals surface area (Å²) in [5.41, 5.74) is 1.51. The predicted molar refractivity (Wildman–Crippen MR) is 77.7 cm³/mol. The first kappa shape index (κ1) is 12.1. The molecule has 1 heterocycles. The number of hydrogen-bond donors (Lipinski definition) is 0. The van der Waals surface area contributed by atoms with E-state index in [1.807, 2.05) is 11.3 Å². The molecule has 0 radical (unpaired) electrons. The summed E-state index contributed by atoms with van der Waals surface area (Å²) >= 11 is 5.58. The third-order valence-electron chi connectivity index (χ3n) is 3.22. The van der Waals surface area contributed by atoms with Crippen LogP contribution in [0, 0.1) is 5.92 Å². The van der Waals surface area contributed by atoms with Crippen molar-refractivity contribution in [3.63, 3.8) is 0 Å². The van der Waals surface area contributed by atoms with E-state index in [0.29, 0.717) is 4.83 Å². The van der Waals surface area contributed by atoms with Crippen LogP contribution in [0.1, 0.15) is 25.8 Å². The molecule has 2 atom stereocenters. The molecule has 0 amide bonds. The average Bonchev–Trinajstić information content (AvgIpc) is 2.69. The van der Waals surface area contributed by atoms with E-state index in [4.69, 9.17) is 0 Å². The minimum absolute atomic E-state index is 0.594. The zero-order chi connectivity index (χ0) is 11.5. The van der Waals surface area contributed by atoms with Gasteiger partial charge in [0.15, 0.2) is 0 Å². The summed E-state index contributed by atoms with van der Waals surface area (Å²) in [6.07, 6.45) is 2.42. The number of hydrogen-bond acceptors (Lipinski definition) is 1. The van der Waals surface area contributed by atoms with Gasteiger partial charge in [-0.15, -0.1) is 11.3 Å². The second-order valence-corrected chi connectivity index (χ2v) is 6.66.